The summed E-state index contributed by atoms with van der Waals surface area (Å²) < 4.78 is 34.7. The van der Waals surface area contributed by atoms with Crippen molar-refractivity contribution in [2.24, 2.45) is 0 Å². The van der Waals surface area contributed by atoms with Crippen LogP contribution in [0.4, 0.5) is 13.6 Å². The fourth-order valence-electron chi connectivity index (χ4n) is 2.78. The second-order valence-corrected chi connectivity index (χ2v) is 7.38. The van der Waals surface area contributed by atoms with Crippen LogP contribution in [0.3, 0.4) is 0 Å². The van der Waals surface area contributed by atoms with Crippen LogP contribution in [0.2, 0.25) is 0 Å². The van der Waals surface area contributed by atoms with Gasteiger partial charge in [0.1, 0.15) is 17.4 Å². The summed E-state index contributed by atoms with van der Waals surface area (Å²) in [5.74, 6) is -0.0975. The molecule has 1 saturated heterocycles. The Morgan fingerprint density at radius 2 is 1.93 bits per heavy atom. The SMILES string of the molecule is CC(C)(C)OC(=O)N1CCN(CCc2ccc(C#N)c(OC(F)F)c2)CC1. The first-order valence-corrected chi connectivity index (χ1v) is 8.86. The zero-order valence-electron chi connectivity index (χ0n) is 15.9. The van der Waals surface area contributed by atoms with Gasteiger partial charge in [-0.2, -0.15) is 14.0 Å². The Bertz CT molecular complexity index is 690. The number of amides is 1. The third-order valence-electron chi connectivity index (χ3n) is 4.12. The molecule has 0 unspecified atom stereocenters. The molecule has 1 aromatic carbocycles. The molecule has 1 fully saturated rings. The average molecular weight is 381 g/mol. The predicted octanol–water partition coefficient (Wildman–Crippen LogP) is 3.25. The van der Waals surface area contributed by atoms with Crippen molar-refractivity contribution in [3.63, 3.8) is 0 Å². The monoisotopic (exact) mass is 381 g/mol. The Balaban J connectivity index is 1.85. The molecule has 148 valence electrons. The summed E-state index contributed by atoms with van der Waals surface area (Å²) >= 11 is 0. The molecule has 0 bridgehead atoms. The smallest absolute Gasteiger partial charge is 0.410 e. The first-order chi connectivity index (χ1) is 12.7. The van der Waals surface area contributed by atoms with Gasteiger partial charge in [0.2, 0.25) is 0 Å². The van der Waals surface area contributed by atoms with Crippen LogP contribution < -0.4 is 4.74 Å². The number of nitriles is 1. The fraction of sp³-hybridized carbons (Fsp3) is 0.579. The topological polar surface area (TPSA) is 65.8 Å². The molecule has 2 rings (SSSR count). The fourth-order valence-corrected chi connectivity index (χ4v) is 2.78. The maximum atomic E-state index is 12.5. The lowest BCUT2D eigenvalue weighted by molar-refractivity contribution is -0.0500. The second-order valence-electron chi connectivity index (χ2n) is 7.38. The number of hydrogen-bond acceptors (Lipinski definition) is 5. The van der Waals surface area contributed by atoms with Crippen molar-refractivity contribution in [1.82, 2.24) is 9.80 Å². The third-order valence-corrected chi connectivity index (χ3v) is 4.12. The lowest BCUT2D eigenvalue weighted by Crippen LogP contribution is -2.50. The molecule has 0 aromatic heterocycles. The van der Waals surface area contributed by atoms with Crippen LogP contribution >= 0.6 is 0 Å². The van der Waals surface area contributed by atoms with Crippen LogP contribution in [0.15, 0.2) is 18.2 Å². The number of halogens is 2. The largest absolute Gasteiger partial charge is 0.444 e. The van der Waals surface area contributed by atoms with Crippen molar-refractivity contribution in [3.8, 4) is 11.8 Å². The molecule has 0 radical (unpaired) electrons. The van der Waals surface area contributed by atoms with Gasteiger partial charge in [-0.15, -0.1) is 0 Å². The summed E-state index contributed by atoms with van der Waals surface area (Å²) in [6.45, 7) is 5.88. The van der Waals surface area contributed by atoms with Crippen molar-refractivity contribution >= 4 is 6.09 Å². The van der Waals surface area contributed by atoms with E-state index in [-0.39, 0.29) is 17.4 Å². The number of carbonyl (C=O) groups excluding carboxylic acids is 1. The summed E-state index contributed by atoms with van der Waals surface area (Å²) in [5.41, 5.74) is 0.395. The highest BCUT2D eigenvalue weighted by Gasteiger charge is 2.25. The number of nitrogens with zero attached hydrogens (tertiary/aromatic N) is 3. The molecular formula is C19H25F2N3O3. The van der Waals surface area contributed by atoms with Crippen molar-refractivity contribution < 1.29 is 23.0 Å². The Labute approximate surface area is 158 Å². The van der Waals surface area contributed by atoms with Crippen LogP contribution in [0.1, 0.15) is 31.9 Å². The van der Waals surface area contributed by atoms with Gasteiger partial charge in [-0.3, -0.25) is 4.90 Å². The lowest BCUT2D eigenvalue weighted by atomic mass is 10.1. The quantitative estimate of drug-likeness (QED) is 0.783. The normalized spacial score (nSPS) is 15.5. The molecule has 0 atom stereocenters. The van der Waals surface area contributed by atoms with E-state index in [2.05, 4.69) is 9.64 Å². The van der Waals surface area contributed by atoms with E-state index >= 15 is 0 Å². The molecule has 27 heavy (non-hydrogen) atoms. The number of rotatable bonds is 5. The average Bonchev–Trinajstić information content (AvgIpc) is 2.58. The molecule has 1 heterocycles. The summed E-state index contributed by atoms with van der Waals surface area (Å²) in [5, 5.41) is 8.97. The maximum absolute atomic E-state index is 12.5. The number of alkyl halides is 2. The van der Waals surface area contributed by atoms with Gasteiger partial charge in [0.15, 0.2) is 0 Å². The van der Waals surface area contributed by atoms with E-state index in [0.717, 1.165) is 25.2 Å². The Morgan fingerprint density at radius 1 is 1.26 bits per heavy atom. The first-order valence-electron chi connectivity index (χ1n) is 8.86. The highest BCUT2D eigenvalue weighted by Crippen LogP contribution is 2.22. The van der Waals surface area contributed by atoms with Crippen LogP contribution in [0.25, 0.3) is 0 Å². The van der Waals surface area contributed by atoms with Gasteiger partial charge >= 0.3 is 12.7 Å². The molecule has 0 N–H and O–H groups in total. The lowest BCUT2D eigenvalue weighted by Gasteiger charge is -2.35. The summed E-state index contributed by atoms with van der Waals surface area (Å²) in [6.07, 6.45) is 0.334. The molecule has 1 aliphatic rings. The molecule has 8 heteroatoms. The van der Waals surface area contributed by atoms with Crippen molar-refractivity contribution in [1.29, 1.82) is 5.26 Å². The number of piperazine rings is 1. The summed E-state index contributed by atoms with van der Waals surface area (Å²) in [4.78, 5) is 16.0. The Morgan fingerprint density at radius 3 is 2.48 bits per heavy atom. The molecule has 0 spiro atoms. The second kappa shape index (κ2) is 9.00. The summed E-state index contributed by atoms with van der Waals surface area (Å²) in [7, 11) is 0. The van der Waals surface area contributed by atoms with E-state index < -0.39 is 12.2 Å². The number of carbonyl (C=O) groups is 1. The van der Waals surface area contributed by atoms with Gasteiger partial charge in [0.05, 0.1) is 5.56 Å². The Hall–Kier alpha value is -2.40. The summed E-state index contributed by atoms with van der Waals surface area (Å²) in [6, 6.07) is 6.57. The van der Waals surface area contributed by atoms with Crippen molar-refractivity contribution in [2.45, 2.75) is 39.4 Å². The minimum Gasteiger partial charge on any atom is -0.444 e. The first kappa shape index (κ1) is 20.9. The van der Waals surface area contributed by atoms with E-state index in [9.17, 15) is 13.6 Å². The molecule has 0 aliphatic carbocycles. The van der Waals surface area contributed by atoms with Gasteiger partial charge in [-0.25, -0.2) is 4.79 Å². The minimum atomic E-state index is -2.96. The standard InChI is InChI=1S/C19H25F2N3O3/c1-19(2,3)27-18(25)24-10-8-23(9-11-24)7-6-14-4-5-15(13-22)16(12-14)26-17(20)21/h4-5,12,17H,6-11H2,1-3H3. The highest BCUT2D eigenvalue weighted by atomic mass is 19.3. The van der Waals surface area contributed by atoms with Gasteiger partial charge < -0.3 is 14.4 Å². The van der Waals surface area contributed by atoms with Crippen LogP contribution in [-0.2, 0) is 11.2 Å². The zero-order chi connectivity index (χ0) is 20.0. The van der Waals surface area contributed by atoms with E-state index in [1.165, 1.54) is 12.1 Å². The molecular weight excluding hydrogens is 356 g/mol. The van der Waals surface area contributed by atoms with Crippen LogP contribution in [-0.4, -0.2) is 60.8 Å². The maximum Gasteiger partial charge on any atom is 0.410 e. The van der Waals surface area contributed by atoms with Crippen LogP contribution in [0, 0.1) is 11.3 Å². The molecule has 1 amide bonds. The van der Waals surface area contributed by atoms with Gasteiger partial charge in [0, 0.05) is 32.7 Å². The van der Waals surface area contributed by atoms with E-state index in [4.69, 9.17) is 10.00 Å². The molecule has 1 aromatic rings. The number of hydrogen-bond donors (Lipinski definition) is 0. The minimum absolute atomic E-state index is 0.0880. The number of benzene rings is 1. The molecule has 1 aliphatic heterocycles. The van der Waals surface area contributed by atoms with Crippen molar-refractivity contribution in [2.75, 3.05) is 32.7 Å². The van der Waals surface area contributed by atoms with Gasteiger partial charge in [0.25, 0.3) is 0 Å². The van der Waals surface area contributed by atoms with Crippen LogP contribution in [0.5, 0.6) is 5.75 Å². The van der Waals surface area contributed by atoms with E-state index in [1.54, 1.807) is 11.0 Å². The van der Waals surface area contributed by atoms with E-state index in [0.29, 0.717) is 19.5 Å². The number of ether oxygens (including phenoxy) is 2. The predicted molar refractivity (Wildman–Crippen MR) is 95.7 cm³/mol. The van der Waals surface area contributed by atoms with Gasteiger partial charge in [-0.05, 0) is 44.9 Å². The zero-order valence-corrected chi connectivity index (χ0v) is 15.9. The molecule has 6 nitrogen and oxygen atoms in total. The Kier molecular flexibility index (Phi) is 6.97. The van der Waals surface area contributed by atoms with Gasteiger partial charge in [-0.1, -0.05) is 6.07 Å². The van der Waals surface area contributed by atoms with E-state index in [1.807, 2.05) is 26.8 Å². The third kappa shape index (κ3) is 6.68. The highest BCUT2D eigenvalue weighted by molar-refractivity contribution is 5.68. The van der Waals surface area contributed by atoms with Crippen molar-refractivity contribution in [3.05, 3.63) is 29.3 Å². The molecule has 0 saturated carbocycles.